The number of ether oxygens (including phenoxy) is 1. The first kappa shape index (κ1) is 14.1. The monoisotopic (exact) mass is 322 g/mol. The van der Waals surface area contributed by atoms with Crippen molar-refractivity contribution in [3.63, 3.8) is 0 Å². The van der Waals surface area contributed by atoms with Crippen molar-refractivity contribution in [1.29, 1.82) is 0 Å². The molecule has 0 aliphatic heterocycles. The molecule has 3 nitrogen and oxygen atoms in total. The summed E-state index contributed by atoms with van der Waals surface area (Å²) in [6.07, 6.45) is 1.97. The van der Waals surface area contributed by atoms with Crippen molar-refractivity contribution in [2.75, 3.05) is 7.11 Å². The summed E-state index contributed by atoms with van der Waals surface area (Å²) in [6.45, 7) is 5.06. The third-order valence-electron chi connectivity index (χ3n) is 3.21. The van der Waals surface area contributed by atoms with Gasteiger partial charge in [-0.05, 0) is 42.7 Å². The fourth-order valence-corrected chi connectivity index (χ4v) is 2.44. The van der Waals surface area contributed by atoms with Crippen LogP contribution >= 0.6 is 15.9 Å². The molecule has 0 spiro atoms. The lowest BCUT2D eigenvalue weighted by atomic mass is 10.2. The molecule has 0 atom stereocenters. The zero-order valence-electron chi connectivity index (χ0n) is 11.6. The largest absolute Gasteiger partial charge is 0.497 e. The van der Waals surface area contributed by atoms with E-state index in [2.05, 4.69) is 51.7 Å². The van der Waals surface area contributed by atoms with E-state index in [1.54, 1.807) is 7.11 Å². The quantitative estimate of drug-likeness (QED) is 0.836. The second-order valence-corrected chi connectivity index (χ2v) is 5.30. The number of hydrogen-bond acceptors (Lipinski definition) is 2. The molecule has 0 N–H and O–H groups in total. The van der Waals surface area contributed by atoms with E-state index in [0.717, 1.165) is 35.3 Å². The van der Waals surface area contributed by atoms with Crippen LogP contribution in [0.2, 0.25) is 0 Å². The molecule has 102 valence electrons. The van der Waals surface area contributed by atoms with Gasteiger partial charge in [-0.1, -0.05) is 29.8 Å². The van der Waals surface area contributed by atoms with Crippen LogP contribution in [0.25, 0.3) is 0 Å². The number of nitrogens with zero attached hydrogens (tertiary/aromatic N) is 2. The van der Waals surface area contributed by atoms with Crippen molar-refractivity contribution in [2.45, 2.75) is 33.2 Å². The van der Waals surface area contributed by atoms with Crippen LogP contribution in [-0.4, -0.2) is 16.9 Å². The van der Waals surface area contributed by atoms with Gasteiger partial charge in [-0.15, -0.1) is 0 Å². The molecule has 0 aliphatic rings. The number of methoxy groups -OCH3 is 1. The third kappa shape index (κ3) is 3.18. The second-order valence-electron chi connectivity index (χ2n) is 4.45. The summed E-state index contributed by atoms with van der Waals surface area (Å²) in [5.74, 6) is 0.874. The van der Waals surface area contributed by atoms with Gasteiger partial charge in [0.2, 0.25) is 0 Å². The predicted octanol–water partition coefficient (Wildman–Crippen LogP) is 3.83. The summed E-state index contributed by atoms with van der Waals surface area (Å²) >= 11 is 3.59. The number of rotatable bonds is 5. The molecule has 1 aromatic carbocycles. The first-order valence-corrected chi connectivity index (χ1v) is 7.35. The van der Waals surface area contributed by atoms with Crippen LogP contribution in [0.3, 0.4) is 0 Å². The average Bonchev–Trinajstić information content (AvgIpc) is 2.83. The van der Waals surface area contributed by atoms with Crippen LogP contribution in [0.5, 0.6) is 5.75 Å². The molecular formula is C15H19BrN2O. The van der Waals surface area contributed by atoms with E-state index in [0.29, 0.717) is 0 Å². The van der Waals surface area contributed by atoms with Gasteiger partial charge in [0.05, 0.1) is 19.3 Å². The lowest BCUT2D eigenvalue weighted by Gasteiger charge is -2.10. The van der Waals surface area contributed by atoms with Crippen molar-refractivity contribution < 1.29 is 4.74 Å². The van der Waals surface area contributed by atoms with Gasteiger partial charge in [0.1, 0.15) is 5.75 Å². The molecule has 0 radical (unpaired) electrons. The number of benzene rings is 1. The Morgan fingerprint density at radius 1 is 1.21 bits per heavy atom. The predicted molar refractivity (Wildman–Crippen MR) is 80.8 cm³/mol. The van der Waals surface area contributed by atoms with Crippen LogP contribution in [0, 0.1) is 0 Å². The summed E-state index contributed by atoms with van der Waals surface area (Å²) in [5.41, 5.74) is 3.60. The molecule has 2 rings (SSSR count). The molecule has 2 aromatic rings. The van der Waals surface area contributed by atoms with E-state index >= 15 is 0 Å². The zero-order chi connectivity index (χ0) is 13.8. The molecule has 0 saturated carbocycles. The first-order chi connectivity index (χ1) is 9.17. The Kier molecular flexibility index (Phi) is 4.64. The Balaban J connectivity index is 2.32. The van der Waals surface area contributed by atoms with E-state index in [9.17, 15) is 0 Å². The highest BCUT2D eigenvalue weighted by Gasteiger charge is 2.08. The highest BCUT2D eigenvalue weighted by atomic mass is 79.9. The Hall–Kier alpha value is -1.29. The van der Waals surface area contributed by atoms with Crippen LogP contribution in [-0.2, 0) is 19.4 Å². The summed E-state index contributed by atoms with van der Waals surface area (Å²) in [6, 6.07) is 8.21. The minimum absolute atomic E-state index is 0.765. The van der Waals surface area contributed by atoms with Crippen LogP contribution in [0.1, 0.15) is 30.8 Å². The Morgan fingerprint density at radius 3 is 2.63 bits per heavy atom. The SMILES string of the molecule is CCc1cc(CC)n(Cc2cc(OC)ccc2Br)n1. The van der Waals surface area contributed by atoms with Crippen molar-refractivity contribution in [1.82, 2.24) is 9.78 Å². The van der Waals surface area contributed by atoms with E-state index in [-0.39, 0.29) is 0 Å². The topological polar surface area (TPSA) is 27.1 Å². The van der Waals surface area contributed by atoms with Gasteiger partial charge in [-0.3, -0.25) is 4.68 Å². The molecule has 1 aromatic heterocycles. The van der Waals surface area contributed by atoms with Crippen molar-refractivity contribution in [3.05, 3.63) is 45.7 Å². The molecule has 0 aliphatic carbocycles. The van der Waals surface area contributed by atoms with Crippen LogP contribution in [0.15, 0.2) is 28.7 Å². The molecule has 19 heavy (non-hydrogen) atoms. The van der Waals surface area contributed by atoms with E-state index < -0.39 is 0 Å². The van der Waals surface area contributed by atoms with E-state index in [1.165, 1.54) is 11.3 Å². The van der Waals surface area contributed by atoms with Gasteiger partial charge in [-0.25, -0.2) is 0 Å². The third-order valence-corrected chi connectivity index (χ3v) is 3.99. The summed E-state index contributed by atoms with van der Waals surface area (Å²) in [4.78, 5) is 0. The molecular weight excluding hydrogens is 304 g/mol. The molecule has 0 saturated heterocycles. The van der Waals surface area contributed by atoms with Gasteiger partial charge >= 0.3 is 0 Å². The minimum atomic E-state index is 0.765. The highest BCUT2D eigenvalue weighted by Crippen LogP contribution is 2.23. The highest BCUT2D eigenvalue weighted by molar-refractivity contribution is 9.10. The smallest absolute Gasteiger partial charge is 0.119 e. The van der Waals surface area contributed by atoms with E-state index in [1.807, 2.05) is 12.1 Å². The molecule has 0 unspecified atom stereocenters. The average molecular weight is 323 g/mol. The Bertz CT molecular complexity index is 563. The number of hydrogen-bond donors (Lipinski definition) is 0. The van der Waals surface area contributed by atoms with Gasteiger partial charge in [0.15, 0.2) is 0 Å². The van der Waals surface area contributed by atoms with Crippen LogP contribution < -0.4 is 4.74 Å². The summed E-state index contributed by atoms with van der Waals surface area (Å²) in [5, 5.41) is 4.65. The van der Waals surface area contributed by atoms with E-state index in [4.69, 9.17) is 4.74 Å². The van der Waals surface area contributed by atoms with Crippen molar-refractivity contribution in [2.24, 2.45) is 0 Å². The molecule has 4 heteroatoms. The maximum absolute atomic E-state index is 5.28. The fourth-order valence-electron chi connectivity index (χ4n) is 2.07. The lowest BCUT2D eigenvalue weighted by molar-refractivity contribution is 0.414. The molecule has 0 amide bonds. The Labute approximate surface area is 122 Å². The summed E-state index contributed by atoms with van der Waals surface area (Å²) in [7, 11) is 1.69. The van der Waals surface area contributed by atoms with Crippen molar-refractivity contribution >= 4 is 15.9 Å². The first-order valence-electron chi connectivity index (χ1n) is 6.56. The normalized spacial score (nSPS) is 10.7. The van der Waals surface area contributed by atoms with Crippen LogP contribution in [0.4, 0.5) is 0 Å². The summed E-state index contributed by atoms with van der Waals surface area (Å²) < 4.78 is 8.45. The molecule has 0 fully saturated rings. The zero-order valence-corrected chi connectivity index (χ0v) is 13.2. The number of halogens is 1. The minimum Gasteiger partial charge on any atom is -0.497 e. The van der Waals surface area contributed by atoms with Gasteiger partial charge < -0.3 is 4.74 Å². The lowest BCUT2D eigenvalue weighted by Crippen LogP contribution is -2.06. The number of aryl methyl sites for hydroxylation is 2. The fraction of sp³-hybridized carbons (Fsp3) is 0.400. The van der Waals surface area contributed by atoms with Crippen molar-refractivity contribution in [3.8, 4) is 5.75 Å². The Morgan fingerprint density at radius 2 is 2.00 bits per heavy atom. The number of aromatic nitrogens is 2. The standard InChI is InChI=1S/C15H19BrN2O/c1-4-12-9-13(5-2)18(17-12)10-11-8-14(19-3)6-7-15(11)16/h6-9H,4-5,10H2,1-3H3. The van der Waals surface area contributed by atoms with Gasteiger partial charge in [0, 0.05) is 10.2 Å². The maximum atomic E-state index is 5.28. The molecule has 0 bridgehead atoms. The van der Waals surface area contributed by atoms with Gasteiger partial charge in [-0.2, -0.15) is 5.10 Å². The second kappa shape index (κ2) is 6.24. The maximum Gasteiger partial charge on any atom is 0.119 e. The van der Waals surface area contributed by atoms with Gasteiger partial charge in [0.25, 0.3) is 0 Å². The molecule has 1 heterocycles.